The molecule has 0 saturated heterocycles. The number of aliphatic imine (C=N–C) groups is 1. The molecule has 1 atom stereocenters. The van der Waals surface area contributed by atoms with Gasteiger partial charge in [0.05, 0.1) is 17.6 Å². The number of sulfonamides is 1. The minimum atomic E-state index is -3.81. The first-order valence-electron chi connectivity index (χ1n) is 9.20. The molecule has 0 spiro atoms. The van der Waals surface area contributed by atoms with Crippen LogP contribution < -0.4 is 10.3 Å². The van der Waals surface area contributed by atoms with Crippen LogP contribution >= 0.6 is 0 Å². The number of carbonyl (C=O) groups is 1. The van der Waals surface area contributed by atoms with Gasteiger partial charge in [0, 0.05) is 5.69 Å². The first-order chi connectivity index (χ1) is 14.8. The molecule has 0 aliphatic rings. The predicted octanol–water partition coefficient (Wildman–Crippen LogP) is 2.10. The van der Waals surface area contributed by atoms with E-state index in [0.29, 0.717) is 17.0 Å². The fourth-order valence-electron chi connectivity index (χ4n) is 3.03. The van der Waals surface area contributed by atoms with E-state index < -0.39 is 27.4 Å². The van der Waals surface area contributed by atoms with Crippen LogP contribution in [0.3, 0.4) is 0 Å². The fraction of sp³-hybridized carbons (Fsp3) is 0.143. The molecule has 1 N–H and O–H groups in total. The van der Waals surface area contributed by atoms with E-state index in [1.54, 1.807) is 43.3 Å². The lowest BCUT2D eigenvalue weighted by atomic mass is 10.1. The van der Waals surface area contributed by atoms with Gasteiger partial charge in [-0.2, -0.15) is 0 Å². The number of rotatable bonds is 8. The van der Waals surface area contributed by atoms with E-state index >= 15 is 0 Å². The molecule has 0 saturated carbocycles. The molecule has 160 valence electrons. The highest BCUT2D eigenvalue weighted by molar-refractivity contribution is 7.91. The van der Waals surface area contributed by atoms with Crippen LogP contribution in [0, 0.1) is 6.92 Å². The molecule has 1 unspecified atom stereocenters. The number of carbonyl (C=O) groups excluding carboxylic acids is 1. The van der Waals surface area contributed by atoms with Gasteiger partial charge in [-0.15, -0.1) is 6.58 Å². The van der Waals surface area contributed by atoms with Crippen molar-refractivity contribution >= 4 is 28.3 Å². The molecule has 9 nitrogen and oxygen atoms in total. The Morgan fingerprint density at radius 2 is 1.97 bits per heavy atom. The second kappa shape index (κ2) is 8.92. The maximum Gasteiger partial charge on any atom is 0.294 e. The van der Waals surface area contributed by atoms with Crippen LogP contribution in [-0.2, 0) is 20.6 Å². The molecule has 1 amide bonds. The summed E-state index contributed by atoms with van der Waals surface area (Å²) in [5, 5.41) is 0. The zero-order valence-corrected chi connectivity index (χ0v) is 17.6. The quantitative estimate of drug-likeness (QED) is 0.426. The highest BCUT2D eigenvalue weighted by Crippen LogP contribution is 2.17. The van der Waals surface area contributed by atoms with Crippen LogP contribution in [0.1, 0.15) is 22.9 Å². The monoisotopic (exact) mass is 439 g/mol. The van der Waals surface area contributed by atoms with Crippen molar-refractivity contribution in [2.24, 2.45) is 4.99 Å². The first kappa shape index (κ1) is 21.9. The molecular formula is C21H21N5O4S. The Bertz CT molecular complexity index is 1290. The van der Waals surface area contributed by atoms with Crippen LogP contribution in [-0.4, -0.2) is 35.4 Å². The van der Waals surface area contributed by atoms with Crippen molar-refractivity contribution in [3.63, 3.8) is 0 Å². The summed E-state index contributed by atoms with van der Waals surface area (Å²) in [5.41, 5.74) is 0.750. The number of hydrogen-bond acceptors (Lipinski definition) is 5. The Labute approximate surface area is 179 Å². The average Bonchev–Trinajstić information content (AvgIpc) is 3.20. The van der Waals surface area contributed by atoms with Gasteiger partial charge in [-0.05, 0) is 31.3 Å². The number of benzene rings is 1. The summed E-state index contributed by atoms with van der Waals surface area (Å²) in [4.78, 5) is 32.5. The Morgan fingerprint density at radius 3 is 2.61 bits per heavy atom. The predicted molar refractivity (Wildman–Crippen MR) is 119 cm³/mol. The van der Waals surface area contributed by atoms with Crippen molar-refractivity contribution in [1.82, 2.24) is 14.3 Å². The largest absolute Gasteiger partial charge is 0.294 e. The van der Waals surface area contributed by atoms with Crippen LogP contribution in [0.15, 0.2) is 77.4 Å². The van der Waals surface area contributed by atoms with Crippen molar-refractivity contribution in [3.05, 3.63) is 94.9 Å². The molecule has 3 rings (SSSR count). The number of anilines is 1. The molecule has 0 aliphatic heterocycles. The number of imidazole rings is 1. The molecule has 10 heteroatoms. The van der Waals surface area contributed by atoms with Gasteiger partial charge in [-0.1, -0.05) is 36.4 Å². The van der Waals surface area contributed by atoms with E-state index in [9.17, 15) is 18.0 Å². The Hall–Kier alpha value is -3.79. The zero-order valence-electron chi connectivity index (χ0n) is 16.8. The third-order valence-corrected chi connectivity index (χ3v) is 5.75. The molecule has 2 aromatic heterocycles. The lowest BCUT2D eigenvalue weighted by Gasteiger charge is -2.14. The Kier molecular flexibility index (Phi) is 6.30. The Morgan fingerprint density at radius 1 is 1.26 bits per heavy atom. The summed E-state index contributed by atoms with van der Waals surface area (Å²) in [6.45, 7) is 8.52. The number of hydrogen-bond donors (Lipinski definition) is 1. The van der Waals surface area contributed by atoms with Crippen molar-refractivity contribution in [2.45, 2.75) is 18.6 Å². The molecule has 0 fully saturated rings. The summed E-state index contributed by atoms with van der Waals surface area (Å²) in [5.74, 6) is -1.59. The first-order valence-corrected chi connectivity index (χ1v) is 10.9. The van der Waals surface area contributed by atoms with E-state index in [-0.39, 0.29) is 11.4 Å². The molecule has 0 radical (unpaired) electrons. The fourth-order valence-corrected chi connectivity index (χ4v) is 4.22. The molecule has 1 aromatic carbocycles. The highest BCUT2D eigenvalue weighted by atomic mass is 32.2. The maximum absolute atomic E-state index is 13.0. The summed E-state index contributed by atoms with van der Waals surface area (Å²) >= 11 is 0. The van der Waals surface area contributed by atoms with Crippen molar-refractivity contribution in [1.29, 1.82) is 0 Å². The Balaban J connectivity index is 1.95. The molecule has 2 heterocycles. The minimum absolute atomic E-state index is 0.110. The lowest BCUT2D eigenvalue weighted by Crippen LogP contribution is -2.31. The second-order valence-corrected chi connectivity index (χ2v) is 8.46. The number of amides is 1. The summed E-state index contributed by atoms with van der Waals surface area (Å²) in [6.07, 6.45) is 4.21. The summed E-state index contributed by atoms with van der Waals surface area (Å²) < 4.78 is 30.1. The topological polar surface area (TPSA) is 115 Å². The average molecular weight is 439 g/mol. The van der Waals surface area contributed by atoms with Crippen LogP contribution in [0.4, 0.5) is 5.69 Å². The van der Waals surface area contributed by atoms with Gasteiger partial charge in [0.15, 0.2) is 0 Å². The number of aryl methyl sites for hydroxylation is 1. The van der Waals surface area contributed by atoms with E-state index in [1.807, 2.05) is 0 Å². The van der Waals surface area contributed by atoms with Gasteiger partial charge in [-0.25, -0.2) is 27.7 Å². The summed E-state index contributed by atoms with van der Waals surface area (Å²) in [7, 11) is -3.81. The van der Waals surface area contributed by atoms with Gasteiger partial charge in [0.25, 0.3) is 11.5 Å². The lowest BCUT2D eigenvalue weighted by molar-refractivity contribution is -0.118. The van der Waals surface area contributed by atoms with E-state index in [1.165, 1.54) is 34.0 Å². The second-order valence-electron chi connectivity index (χ2n) is 6.74. The van der Waals surface area contributed by atoms with E-state index in [4.69, 9.17) is 0 Å². The van der Waals surface area contributed by atoms with E-state index in [0.717, 1.165) is 0 Å². The van der Waals surface area contributed by atoms with Crippen molar-refractivity contribution in [3.8, 4) is 0 Å². The van der Waals surface area contributed by atoms with Gasteiger partial charge >= 0.3 is 0 Å². The van der Waals surface area contributed by atoms with Gasteiger partial charge in [-0.3, -0.25) is 14.3 Å². The standard InChI is InChI=1S/C21H21N5O4S/c1-4-17(20(27)22-3)19-12-25(14-23-19)26-15(2)10-11-18(21(26)28)24-31(29,30)13-16-8-6-5-7-9-16/h4-12,14,17,24H,1,3,13H2,2H3. The minimum Gasteiger partial charge on any atom is -0.278 e. The van der Waals surface area contributed by atoms with Crippen molar-refractivity contribution < 1.29 is 13.2 Å². The molecular weight excluding hydrogens is 418 g/mol. The number of pyridine rings is 1. The van der Waals surface area contributed by atoms with E-state index in [2.05, 4.69) is 28.0 Å². The molecule has 0 bridgehead atoms. The SMILES string of the molecule is C=CC(C(=O)N=C)c1cn(-n2c(C)ccc(NS(=O)(=O)Cc3ccccc3)c2=O)cn1. The van der Waals surface area contributed by atoms with Gasteiger partial charge < -0.3 is 0 Å². The highest BCUT2D eigenvalue weighted by Gasteiger charge is 2.20. The third kappa shape index (κ3) is 4.86. The van der Waals surface area contributed by atoms with Gasteiger partial charge in [0.1, 0.15) is 17.9 Å². The zero-order chi connectivity index (χ0) is 22.6. The summed E-state index contributed by atoms with van der Waals surface area (Å²) in [6, 6.07) is 11.7. The van der Waals surface area contributed by atoms with Crippen LogP contribution in [0.2, 0.25) is 0 Å². The number of nitrogens with one attached hydrogen (secondary N) is 1. The van der Waals surface area contributed by atoms with Crippen LogP contribution in [0.25, 0.3) is 0 Å². The van der Waals surface area contributed by atoms with Crippen molar-refractivity contribution in [2.75, 3.05) is 4.72 Å². The third-order valence-electron chi connectivity index (χ3n) is 4.51. The smallest absolute Gasteiger partial charge is 0.278 e. The maximum atomic E-state index is 13.0. The van der Waals surface area contributed by atoms with Crippen LogP contribution in [0.5, 0.6) is 0 Å². The normalized spacial score (nSPS) is 12.2. The number of nitrogens with zero attached hydrogens (tertiary/aromatic N) is 4. The molecule has 31 heavy (non-hydrogen) atoms. The number of aromatic nitrogens is 3. The van der Waals surface area contributed by atoms with Gasteiger partial charge in [0.2, 0.25) is 10.0 Å². The molecule has 0 aliphatic carbocycles. The molecule has 3 aromatic rings.